The maximum absolute atomic E-state index is 11.5. The molecule has 1 heterocycles. The summed E-state index contributed by atoms with van der Waals surface area (Å²) in [5.74, 6) is 0.0982. The van der Waals surface area contributed by atoms with Crippen LogP contribution in [0.3, 0.4) is 0 Å². The molecule has 0 saturated heterocycles. The molecule has 3 nitrogen and oxygen atoms in total. The van der Waals surface area contributed by atoms with E-state index in [1.165, 1.54) is 0 Å². The molecule has 72 valence electrons. The maximum atomic E-state index is 11.5. The monoisotopic (exact) mass is 188 g/mol. The number of ketones is 1. The molecule has 0 radical (unpaired) electrons. The third-order valence-electron chi connectivity index (χ3n) is 2.36. The first-order chi connectivity index (χ1) is 6.59. The molecule has 0 bridgehead atoms. The number of hydrogen-bond donors (Lipinski definition) is 0. The summed E-state index contributed by atoms with van der Waals surface area (Å²) in [6.45, 7) is 3.54. The number of aromatic nitrogens is 2. The number of Topliss-reactive ketones (excluding diaryl/α,β-unsaturated/α-hetero) is 1. The predicted octanol–water partition coefficient (Wildman–Crippen LogP) is 2.08. The maximum Gasteiger partial charge on any atom is 0.160 e. The molecule has 0 unspecified atom stereocenters. The standard InChI is InChI=1S/C11H12N2O/c1-7-4-5-10-9(6-13(3)12-10)11(7)8(2)14/h4-6H,1-3H3. The van der Waals surface area contributed by atoms with Crippen molar-refractivity contribution in [3.8, 4) is 0 Å². The van der Waals surface area contributed by atoms with Crippen molar-refractivity contribution < 1.29 is 4.79 Å². The highest BCUT2D eigenvalue weighted by Gasteiger charge is 2.10. The highest BCUT2D eigenvalue weighted by molar-refractivity contribution is 6.07. The second-order valence-electron chi connectivity index (χ2n) is 3.55. The van der Waals surface area contributed by atoms with Gasteiger partial charge in [-0.15, -0.1) is 0 Å². The van der Waals surface area contributed by atoms with Crippen LogP contribution in [0.5, 0.6) is 0 Å². The number of fused-ring (bicyclic) bond motifs is 1. The van der Waals surface area contributed by atoms with E-state index in [1.54, 1.807) is 11.6 Å². The van der Waals surface area contributed by atoms with E-state index in [9.17, 15) is 4.79 Å². The average molecular weight is 188 g/mol. The lowest BCUT2D eigenvalue weighted by molar-refractivity contribution is 0.101. The van der Waals surface area contributed by atoms with Gasteiger partial charge in [0, 0.05) is 24.2 Å². The number of aryl methyl sites for hydroxylation is 2. The summed E-state index contributed by atoms with van der Waals surface area (Å²) in [6.07, 6.45) is 1.89. The average Bonchev–Trinajstić information content (AvgIpc) is 2.43. The summed E-state index contributed by atoms with van der Waals surface area (Å²) in [4.78, 5) is 11.5. The first-order valence-electron chi connectivity index (χ1n) is 4.53. The first-order valence-corrected chi connectivity index (χ1v) is 4.53. The van der Waals surface area contributed by atoms with Gasteiger partial charge < -0.3 is 0 Å². The molecule has 0 aliphatic carbocycles. The minimum absolute atomic E-state index is 0.0982. The number of carbonyl (C=O) groups is 1. The van der Waals surface area contributed by atoms with Crippen LogP contribution in [-0.2, 0) is 7.05 Å². The van der Waals surface area contributed by atoms with Gasteiger partial charge in [-0.25, -0.2) is 0 Å². The molecule has 0 fully saturated rings. The zero-order valence-corrected chi connectivity index (χ0v) is 8.53. The molecule has 2 aromatic rings. The Labute approximate surface area is 82.3 Å². The molecule has 3 heteroatoms. The quantitative estimate of drug-likeness (QED) is 0.642. The van der Waals surface area contributed by atoms with Gasteiger partial charge >= 0.3 is 0 Å². The topological polar surface area (TPSA) is 34.9 Å². The third kappa shape index (κ3) is 1.21. The summed E-state index contributed by atoms with van der Waals surface area (Å²) < 4.78 is 1.73. The molecule has 0 aliphatic rings. The molecule has 14 heavy (non-hydrogen) atoms. The van der Waals surface area contributed by atoms with E-state index < -0.39 is 0 Å². The molecule has 1 aromatic carbocycles. The van der Waals surface area contributed by atoms with E-state index in [2.05, 4.69) is 5.10 Å². The van der Waals surface area contributed by atoms with Crippen molar-refractivity contribution in [1.29, 1.82) is 0 Å². The highest BCUT2D eigenvalue weighted by Crippen LogP contribution is 2.21. The zero-order valence-electron chi connectivity index (χ0n) is 8.53. The Kier molecular flexibility index (Phi) is 1.88. The Hall–Kier alpha value is -1.64. The number of carbonyl (C=O) groups excluding carboxylic acids is 1. The summed E-state index contributed by atoms with van der Waals surface area (Å²) in [6, 6.07) is 3.88. The molecular formula is C11H12N2O. The van der Waals surface area contributed by atoms with Crippen LogP contribution in [-0.4, -0.2) is 15.6 Å². The van der Waals surface area contributed by atoms with E-state index in [0.717, 1.165) is 22.0 Å². The Morgan fingerprint density at radius 3 is 2.79 bits per heavy atom. The van der Waals surface area contributed by atoms with E-state index >= 15 is 0 Å². The fourth-order valence-electron chi connectivity index (χ4n) is 1.79. The summed E-state index contributed by atoms with van der Waals surface area (Å²) in [5.41, 5.74) is 2.68. The van der Waals surface area contributed by atoms with Gasteiger partial charge in [-0.3, -0.25) is 9.48 Å². The van der Waals surface area contributed by atoms with Gasteiger partial charge in [0.1, 0.15) is 0 Å². The molecule has 0 atom stereocenters. The highest BCUT2D eigenvalue weighted by atomic mass is 16.1. The van der Waals surface area contributed by atoms with Crippen molar-refractivity contribution in [2.45, 2.75) is 13.8 Å². The fourth-order valence-corrected chi connectivity index (χ4v) is 1.79. The number of rotatable bonds is 1. The molecule has 0 aliphatic heterocycles. The minimum Gasteiger partial charge on any atom is -0.294 e. The van der Waals surface area contributed by atoms with Crippen LogP contribution in [0, 0.1) is 6.92 Å². The lowest BCUT2D eigenvalue weighted by Gasteiger charge is -2.01. The molecule has 2 rings (SSSR count). The van der Waals surface area contributed by atoms with Gasteiger partial charge in [-0.2, -0.15) is 5.10 Å². The molecule has 1 aromatic heterocycles. The lowest BCUT2D eigenvalue weighted by Crippen LogP contribution is -1.96. The Morgan fingerprint density at radius 2 is 2.14 bits per heavy atom. The Balaban J connectivity index is 2.88. The van der Waals surface area contributed by atoms with E-state index in [0.29, 0.717) is 0 Å². The van der Waals surface area contributed by atoms with Crippen LogP contribution in [0.4, 0.5) is 0 Å². The summed E-state index contributed by atoms with van der Waals surface area (Å²) in [5, 5.41) is 5.21. The van der Waals surface area contributed by atoms with Crippen LogP contribution in [0.1, 0.15) is 22.8 Å². The van der Waals surface area contributed by atoms with Crippen LogP contribution in [0.2, 0.25) is 0 Å². The Bertz CT molecular complexity index is 511. The predicted molar refractivity (Wildman–Crippen MR) is 55.5 cm³/mol. The van der Waals surface area contributed by atoms with Crippen LogP contribution in [0.25, 0.3) is 10.9 Å². The van der Waals surface area contributed by atoms with Crippen molar-refractivity contribution in [3.63, 3.8) is 0 Å². The van der Waals surface area contributed by atoms with Crippen molar-refractivity contribution >= 4 is 16.7 Å². The number of benzene rings is 1. The first kappa shape index (κ1) is 8.94. The van der Waals surface area contributed by atoms with Gasteiger partial charge in [0.2, 0.25) is 0 Å². The normalized spacial score (nSPS) is 10.8. The van der Waals surface area contributed by atoms with Crippen molar-refractivity contribution in [3.05, 3.63) is 29.5 Å². The lowest BCUT2D eigenvalue weighted by atomic mass is 10.0. The zero-order chi connectivity index (χ0) is 10.3. The number of hydrogen-bond acceptors (Lipinski definition) is 2. The molecule has 0 saturated carbocycles. The van der Waals surface area contributed by atoms with E-state index in [4.69, 9.17) is 0 Å². The minimum atomic E-state index is 0.0982. The van der Waals surface area contributed by atoms with Crippen molar-refractivity contribution in [1.82, 2.24) is 9.78 Å². The van der Waals surface area contributed by atoms with E-state index in [1.807, 2.05) is 32.3 Å². The SMILES string of the molecule is CC(=O)c1c(C)ccc2nn(C)cc12. The molecule has 0 spiro atoms. The van der Waals surface area contributed by atoms with E-state index in [-0.39, 0.29) is 5.78 Å². The van der Waals surface area contributed by atoms with Gasteiger partial charge in [-0.05, 0) is 25.5 Å². The molecule has 0 N–H and O–H groups in total. The smallest absolute Gasteiger partial charge is 0.160 e. The number of nitrogens with zero attached hydrogens (tertiary/aromatic N) is 2. The largest absolute Gasteiger partial charge is 0.294 e. The Morgan fingerprint density at radius 1 is 1.43 bits per heavy atom. The van der Waals surface area contributed by atoms with Crippen LogP contribution >= 0.6 is 0 Å². The van der Waals surface area contributed by atoms with Crippen LogP contribution < -0.4 is 0 Å². The molecular weight excluding hydrogens is 176 g/mol. The summed E-state index contributed by atoms with van der Waals surface area (Å²) in [7, 11) is 1.86. The van der Waals surface area contributed by atoms with Gasteiger partial charge in [-0.1, -0.05) is 6.07 Å². The summed E-state index contributed by atoms with van der Waals surface area (Å²) >= 11 is 0. The fraction of sp³-hybridized carbons (Fsp3) is 0.273. The van der Waals surface area contributed by atoms with Gasteiger partial charge in [0.25, 0.3) is 0 Å². The second kappa shape index (κ2) is 2.94. The third-order valence-corrected chi connectivity index (χ3v) is 2.36. The molecule has 0 amide bonds. The van der Waals surface area contributed by atoms with Gasteiger partial charge in [0.05, 0.1) is 5.52 Å². The van der Waals surface area contributed by atoms with Crippen molar-refractivity contribution in [2.75, 3.05) is 0 Å². The van der Waals surface area contributed by atoms with Crippen LogP contribution in [0.15, 0.2) is 18.3 Å². The second-order valence-corrected chi connectivity index (χ2v) is 3.55. The van der Waals surface area contributed by atoms with Crippen molar-refractivity contribution in [2.24, 2.45) is 7.05 Å². The van der Waals surface area contributed by atoms with Gasteiger partial charge in [0.15, 0.2) is 5.78 Å².